The van der Waals surface area contributed by atoms with Gasteiger partial charge in [-0.25, -0.2) is 9.18 Å². The number of nitrogens with one attached hydrogen (secondary N) is 2. The van der Waals surface area contributed by atoms with Crippen molar-refractivity contribution in [3.8, 4) is 5.69 Å². The first kappa shape index (κ1) is 15.7. The van der Waals surface area contributed by atoms with E-state index in [4.69, 9.17) is 0 Å². The lowest BCUT2D eigenvalue weighted by atomic mass is 10.2. The van der Waals surface area contributed by atoms with Gasteiger partial charge in [0.1, 0.15) is 12.1 Å². The highest BCUT2D eigenvalue weighted by molar-refractivity contribution is 5.89. The number of rotatable bonds is 4. The fraction of sp³-hybridized carbons (Fsp3) is 0.118. The van der Waals surface area contributed by atoms with E-state index in [0.29, 0.717) is 11.5 Å². The lowest BCUT2D eigenvalue weighted by Crippen LogP contribution is -2.29. The molecule has 2 amide bonds. The molecule has 1 heterocycles. The van der Waals surface area contributed by atoms with Crippen LogP contribution in [0.4, 0.5) is 14.9 Å². The molecule has 1 aromatic heterocycles. The molecule has 24 heavy (non-hydrogen) atoms. The molecule has 0 aliphatic carbocycles. The molecule has 0 bridgehead atoms. The summed E-state index contributed by atoms with van der Waals surface area (Å²) in [5.41, 5.74) is 2.11. The highest BCUT2D eigenvalue weighted by Gasteiger charge is 2.09. The Labute approximate surface area is 138 Å². The van der Waals surface area contributed by atoms with Gasteiger partial charge in [0.15, 0.2) is 5.82 Å². The lowest BCUT2D eigenvalue weighted by molar-refractivity contribution is 0.251. The van der Waals surface area contributed by atoms with Crippen LogP contribution in [0.15, 0.2) is 54.9 Å². The van der Waals surface area contributed by atoms with Gasteiger partial charge in [0.2, 0.25) is 0 Å². The molecule has 7 heteroatoms. The fourth-order valence-corrected chi connectivity index (χ4v) is 2.24. The summed E-state index contributed by atoms with van der Waals surface area (Å²) < 4.78 is 15.0. The Kier molecular flexibility index (Phi) is 4.51. The van der Waals surface area contributed by atoms with Crippen LogP contribution < -0.4 is 10.6 Å². The Morgan fingerprint density at radius 1 is 1.21 bits per heavy atom. The minimum Gasteiger partial charge on any atom is -0.331 e. The third-order valence-corrected chi connectivity index (χ3v) is 3.51. The number of para-hydroxylation sites is 1. The zero-order valence-electron chi connectivity index (χ0n) is 13.0. The van der Waals surface area contributed by atoms with Crippen molar-refractivity contribution in [3.05, 3.63) is 72.1 Å². The monoisotopic (exact) mass is 325 g/mol. The van der Waals surface area contributed by atoms with E-state index in [1.807, 2.05) is 30.3 Å². The molecule has 0 aliphatic rings. The summed E-state index contributed by atoms with van der Waals surface area (Å²) in [5, 5.41) is 13.2. The van der Waals surface area contributed by atoms with Crippen molar-refractivity contribution in [1.29, 1.82) is 0 Å². The van der Waals surface area contributed by atoms with Gasteiger partial charge in [0.05, 0.1) is 6.54 Å². The van der Waals surface area contributed by atoms with Gasteiger partial charge in [-0.05, 0) is 36.8 Å². The number of urea groups is 1. The van der Waals surface area contributed by atoms with Gasteiger partial charge in [-0.3, -0.25) is 4.57 Å². The predicted octanol–water partition coefficient (Wildman–Crippen LogP) is 3.04. The van der Waals surface area contributed by atoms with Gasteiger partial charge in [0, 0.05) is 11.4 Å². The quantitative estimate of drug-likeness (QED) is 0.774. The topological polar surface area (TPSA) is 71.8 Å². The third-order valence-electron chi connectivity index (χ3n) is 3.51. The van der Waals surface area contributed by atoms with E-state index in [0.717, 1.165) is 11.3 Å². The smallest absolute Gasteiger partial charge is 0.319 e. The van der Waals surface area contributed by atoms with E-state index < -0.39 is 11.8 Å². The van der Waals surface area contributed by atoms with E-state index in [9.17, 15) is 9.18 Å². The lowest BCUT2D eigenvalue weighted by Gasteiger charge is -2.10. The van der Waals surface area contributed by atoms with Crippen molar-refractivity contribution < 1.29 is 9.18 Å². The van der Waals surface area contributed by atoms with Gasteiger partial charge >= 0.3 is 6.03 Å². The van der Waals surface area contributed by atoms with Crippen molar-refractivity contribution in [2.24, 2.45) is 0 Å². The first-order chi connectivity index (χ1) is 11.6. The maximum Gasteiger partial charge on any atom is 0.319 e. The van der Waals surface area contributed by atoms with Crippen LogP contribution in [0.2, 0.25) is 0 Å². The molecule has 0 saturated carbocycles. The molecule has 122 valence electrons. The Morgan fingerprint density at radius 3 is 2.79 bits per heavy atom. The van der Waals surface area contributed by atoms with Gasteiger partial charge in [-0.15, -0.1) is 10.2 Å². The summed E-state index contributed by atoms with van der Waals surface area (Å²) in [6, 6.07) is 13.4. The van der Waals surface area contributed by atoms with Gasteiger partial charge in [0.25, 0.3) is 0 Å². The van der Waals surface area contributed by atoms with E-state index in [1.54, 1.807) is 23.9 Å². The van der Waals surface area contributed by atoms with Crippen LogP contribution in [-0.4, -0.2) is 20.8 Å². The molecule has 0 atom stereocenters. The molecule has 3 aromatic rings. The minimum atomic E-state index is -0.439. The average Bonchev–Trinajstić information content (AvgIpc) is 3.06. The normalized spacial score (nSPS) is 10.4. The molecule has 0 aliphatic heterocycles. The van der Waals surface area contributed by atoms with Crippen molar-refractivity contribution in [2.45, 2.75) is 13.5 Å². The third kappa shape index (κ3) is 3.57. The second-order valence-corrected chi connectivity index (χ2v) is 5.22. The molecule has 2 aromatic carbocycles. The summed E-state index contributed by atoms with van der Waals surface area (Å²) in [6.45, 7) is 1.98. The number of anilines is 1. The van der Waals surface area contributed by atoms with Crippen LogP contribution in [0.25, 0.3) is 5.69 Å². The second kappa shape index (κ2) is 6.91. The van der Waals surface area contributed by atoms with Crippen molar-refractivity contribution >= 4 is 11.7 Å². The maximum absolute atomic E-state index is 13.3. The summed E-state index contributed by atoms with van der Waals surface area (Å²) in [6.07, 6.45) is 1.58. The standard InChI is InChI=1S/C17H16FN5O/c1-12-7-8-13(18)9-15(12)21-17(24)19-10-16-22-20-11-23(16)14-5-3-2-4-6-14/h2-9,11H,10H2,1H3,(H2,19,21,24). The van der Waals surface area contributed by atoms with E-state index in [1.165, 1.54) is 12.1 Å². The largest absolute Gasteiger partial charge is 0.331 e. The van der Waals surface area contributed by atoms with E-state index in [-0.39, 0.29) is 6.54 Å². The van der Waals surface area contributed by atoms with Crippen molar-refractivity contribution in [3.63, 3.8) is 0 Å². The fourth-order valence-electron chi connectivity index (χ4n) is 2.24. The molecule has 0 radical (unpaired) electrons. The molecule has 0 fully saturated rings. The zero-order valence-corrected chi connectivity index (χ0v) is 13.0. The van der Waals surface area contributed by atoms with Gasteiger partial charge < -0.3 is 10.6 Å². The Hall–Kier alpha value is -3.22. The maximum atomic E-state index is 13.3. The summed E-state index contributed by atoms with van der Waals surface area (Å²) >= 11 is 0. The van der Waals surface area contributed by atoms with Crippen molar-refractivity contribution in [2.75, 3.05) is 5.32 Å². The number of halogens is 1. The van der Waals surface area contributed by atoms with Gasteiger partial charge in [-0.2, -0.15) is 0 Å². The predicted molar refractivity (Wildman–Crippen MR) is 88.4 cm³/mol. The van der Waals surface area contributed by atoms with Gasteiger partial charge in [-0.1, -0.05) is 24.3 Å². The Bertz CT molecular complexity index is 847. The van der Waals surface area contributed by atoms with E-state index >= 15 is 0 Å². The molecular formula is C17H16FN5O. The number of hydrogen-bond donors (Lipinski definition) is 2. The average molecular weight is 325 g/mol. The number of hydrogen-bond acceptors (Lipinski definition) is 3. The van der Waals surface area contributed by atoms with Crippen LogP contribution in [0, 0.1) is 12.7 Å². The summed E-state index contributed by atoms with van der Waals surface area (Å²) in [5.74, 6) is 0.187. The highest BCUT2D eigenvalue weighted by atomic mass is 19.1. The molecule has 0 spiro atoms. The minimum absolute atomic E-state index is 0.190. The number of carbonyl (C=O) groups excluding carboxylic acids is 1. The van der Waals surface area contributed by atoms with Crippen LogP contribution in [0.5, 0.6) is 0 Å². The second-order valence-electron chi connectivity index (χ2n) is 5.22. The number of carbonyl (C=O) groups is 1. The molecule has 0 unspecified atom stereocenters. The Balaban J connectivity index is 1.65. The molecule has 2 N–H and O–H groups in total. The zero-order chi connectivity index (χ0) is 16.9. The van der Waals surface area contributed by atoms with Crippen LogP contribution in [-0.2, 0) is 6.54 Å². The van der Waals surface area contributed by atoms with E-state index in [2.05, 4.69) is 20.8 Å². The summed E-state index contributed by atoms with van der Waals surface area (Å²) in [4.78, 5) is 12.0. The SMILES string of the molecule is Cc1ccc(F)cc1NC(=O)NCc1nncn1-c1ccccc1. The highest BCUT2D eigenvalue weighted by Crippen LogP contribution is 2.15. The molecule has 0 saturated heterocycles. The molecule has 3 rings (SSSR count). The molecule has 6 nitrogen and oxygen atoms in total. The molecular weight excluding hydrogens is 309 g/mol. The summed E-state index contributed by atoms with van der Waals surface area (Å²) in [7, 11) is 0. The number of aryl methyl sites for hydroxylation is 1. The van der Waals surface area contributed by atoms with Crippen LogP contribution >= 0.6 is 0 Å². The number of nitrogens with zero attached hydrogens (tertiary/aromatic N) is 3. The number of amides is 2. The van der Waals surface area contributed by atoms with Crippen LogP contribution in [0.3, 0.4) is 0 Å². The van der Waals surface area contributed by atoms with Crippen LogP contribution in [0.1, 0.15) is 11.4 Å². The first-order valence-electron chi connectivity index (χ1n) is 7.39. The number of aromatic nitrogens is 3. The van der Waals surface area contributed by atoms with Crippen molar-refractivity contribution in [1.82, 2.24) is 20.1 Å². The first-order valence-corrected chi connectivity index (χ1v) is 7.39. The Morgan fingerprint density at radius 2 is 2.00 bits per heavy atom. The number of benzene rings is 2.